The van der Waals surface area contributed by atoms with Gasteiger partial charge in [-0.15, -0.1) is 0 Å². The summed E-state index contributed by atoms with van der Waals surface area (Å²) in [4.78, 5) is 2.43. The van der Waals surface area contributed by atoms with E-state index in [0.717, 1.165) is 38.8 Å². The van der Waals surface area contributed by atoms with Crippen molar-refractivity contribution in [1.82, 2.24) is 4.90 Å². The highest BCUT2D eigenvalue weighted by molar-refractivity contribution is 5.02. The number of hydrogen-bond donors (Lipinski definition) is 2. The van der Waals surface area contributed by atoms with E-state index in [4.69, 9.17) is 9.52 Å². The Balaban J connectivity index is 1.80. The fourth-order valence-electron chi connectivity index (χ4n) is 2.74. The van der Waals surface area contributed by atoms with Crippen LogP contribution in [0.2, 0.25) is 0 Å². The number of rotatable bonds is 7. The third-order valence-electron chi connectivity index (χ3n) is 3.72. The lowest BCUT2D eigenvalue weighted by atomic mass is 10.0. The van der Waals surface area contributed by atoms with Crippen molar-refractivity contribution < 1.29 is 14.6 Å². The standard InChI is InChI=1S/C14H23NO3/c16-9-2-1-7-15-8-3-5-12(15)11-13(17)14-6-4-10-18-14/h4,6,10,12-13,16-17H,1-3,5,7-9,11H2. The molecule has 0 aromatic carbocycles. The predicted octanol–water partition coefficient (Wildman–Crippen LogP) is 1.94. The molecule has 0 amide bonds. The Labute approximate surface area is 108 Å². The van der Waals surface area contributed by atoms with E-state index in [1.807, 2.05) is 12.1 Å². The van der Waals surface area contributed by atoms with E-state index in [0.29, 0.717) is 11.8 Å². The molecule has 2 rings (SSSR count). The second kappa shape index (κ2) is 6.92. The van der Waals surface area contributed by atoms with Crippen LogP contribution in [-0.2, 0) is 0 Å². The van der Waals surface area contributed by atoms with Crippen LogP contribution in [0.3, 0.4) is 0 Å². The Kier molecular flexibility index (Phi) is 5.23. The molecule has 1 aliphatic heterocycles. The van der Waals surface area contributed by atoms with Crippen LogP contribution in [0, 0.1) is 0 Å². The van der Waals surface area contributed by atoms with Crippen LogP contribution < -0.4 is 0 Å². The van der Waals surface area contributed by atoms with E-state index in [9.17, 15) is 5.11 Å². The summed E-state index contributed by atoms with van der Waals surface area (Å²) in [7, 11) is 0. The van der Waals surface area contributed by atoms with Crippen molar-refractivity contribution in [2.75, 3.05) is 19.7 Å². The van der Waals surface area contributed by atoms with Crippen molar-refractivity contribution >= 4 is 0 Å². The van der Waals surface area contributed by atoms with Gasteiger partial charge in [-0.25, -0.2) is 0 Å². The molecule has 1 aromatic rings. The number of furan rings is 1. The summed E-state index contributed by atoms with van der Waals surface area (Å²) < 4.78 is 5.24. The number of nitrogens with zero attached hydrogens (tertiary/aromatic N) is 1. The molecule has 2 heterocycles. The van der Waals surface area contributed by atoms with E-state index >= 15 is 0 Å². The molecule has 0 spiro atoms. The van der Waals surface area contributed by atoms with Crippen LogP contribution in [0.4, 0.5) is 0 Å². The lowest BCUT2D eigenvalue weighted by molar-refractivity contribution is 0.100. The van der Waals surface area contributed by atoms with Crippen LogP contribution in [0.5, 0.6) is 0 Å². The first kappa shape index (κ1) is 13.6. The largest absolute Gasteiger partial charge is 0.467 e. The van der Waals surface area contributed by atoms with Crippen LogP contribution >= 0.6 is 0 Å². The summed E-state index contributed by atoms with van der Waals surface area (Å²) >= 11 is 0. The average Bonchev–Trinajstić information content (AvgIpc) is 3.01. The Morgan fingerprint density at radius 1 is 1.44 bits per heavy atom. The van der Waals surface area contributed by atoms with Crippen LogP contribution in [0.25, 0.3) is 0 Å². The fourth-order valence-corrected chi connectivity index (χ4v) is 2.74. The van der Waals surface area contributed by atoms with Gasteiger partial charge in [-0.05, 0) is 57.3 Å². The lowest BCUT2D eigenvalue weighted by Gasteiger charge is -2.25. The maximum absolute atomic E-state index is 10.1. The van der Waals surface area contributed by atoms with E-state index < -0.39 is 6.10 Å². The lowest BCUT2D eigenvalue weighted by Crippen LogP contribution is -2.31. The monoisotopic (exact) mass is 253 g/mol. The van der Waals surface area contributed by atoms with Gasteiger partial charge in [0.1, 0.15) is 11.9 Å². The summed E-state index contributed by atoms with van der Waals surface area (Å²) in [5.41, 5.74) is 0. The summed E-state index contributed by atoms with van der Waals surface area (Å²) in [5, 5.41) is 18.9. The SMILES string of the molecule is OCCCCN1CCCC1CC(O)c1ccco1. The first-order valence-corrected chi connectivity index (χ1v) is 6.87. The molecule has 0 saturated carbocycles. The molecule has 102 valence electrons. The third kappa shape index (κ3) is 3.57. The van der Waals surface area contributed by atoms with Gasteiger partial charge in [0.25, 0.3) is 0 Å². The normalized spacial score (nSPS) is 22.4. The number of unbranched alkanes of at least 4 members (excludes halogenated alkanes) is 1. The summed E-state index contributed by atoms with van der Waals surface area (Å²) in [6.07, 6.45) is 6.10. The van der Waals surface area contributed by atoms with Gasteiger partial charge in [0.05, 0.1) is 6.26 Å². The van der Waals surface area contributed by atoms with Crippen LogP contribution in [0.15, 0.2) is 22.8 Å². The van der Waals surface area contributed by atoms with Gasteiger partial charge < -0.3 is 19.5 Å². The van der Waals surface area contributed by atoms with Crippen molar-refractivity contribution in [3.63, 3.8) is 0 Å². The minimum atomic E-state index is -0.497. The molecule has 2 unspecified atom stereocenters. The van der Waals surface area contributed by atoms with Crippen LogP contribution in [0.1, 0.15) is 44.0 Å². The third-order valence-corrected chi connectivity index (χ3v) is 3.72. The molecular formula is C14H23NO3. The van der Waals surface area contributed by atoms with Crippen molar-refractivity contribution in [2.24, 2.45) is 0 Å². The Morgan fingerprint density at radius 3 is 3.06 bits per heavy atom. The number of aliphatic hydroxyl groups is 2. The highest BCUT2D eigenvalue weighted by atomic mass is 16.4. The molecule has 0 radical (unpaired) electrons. The second-order valence-corrected chi connectivity index (χ2v) is 5.03. The van der Waals surface area contributed by atoms with Gasteiger partial charge in [-0.3, -0.25) is 0 Å². The molecule has 0 bridgehead atoms. The highest BCUT2D eigenvalue weighted by Crippen LogP contribution is 2.27. The number of likely N-dealkylation sites (tertiary alicyclic amines) is 1. The predicted molar refractivity (Wildman–Crippen MR) is 69.2 cm³/mol. The Hall–Kier alpha value is -0.840. The molecule has 2 N–H and O–H groups in total. The zero-order valence-electron chi connectivity index (χ0n) is 10.8. The molecule has 4 heteroatoms. The minimum Gasteiger partial charge on any atom is -0.467 e. The summed E-state index contributed by atoms with van der Waals surface area (Å²) in [6, 6.07) is 4.09. The van der Waals surface area contributed by atoms with E-state index in [-0.39, 0.29) is 6.61 Å². The van der Waals surface area contributed by atoms with Gasteiger partial charge in [0.15, 0.2) is 0 Å². The molecule has 18 heavy (non-hydrogen) atoms. The van der Waals surface area contributed by atoms with Gasteiger partial charge in [-0.1, -0.05) is 0 Å². The molecular weight excluding hydrogens is 230 g/mol. The van der Waals surface area contributed by atoms with Gasteiger partial charge in [0.2, 0.25) is 0 Å². The van der Waals surface area contributed by atoms with Crippen molar-refractivity contribution in [2.45, 2.75) is 44.2 Å². The van der Waals surface area contributed by atoms with E-state index in [1.165, 1.54) is 6.42 Å². The van der Waals surface area contributed by atoms with Crippen molar-refractivity contribution in [3.8, 4) is 0 Å². The molecule has 1 aliphatic rings. The van der Waals surface area contributed by atoms with Gasteiger partial charge in [-0.2, -0.15) is 0 Å². The summed E-state index contributed by atoms with van der Waals surface area (Å²) in [6.45, 7) is 2.41. The van der Waals surface area contributed by atoms with E-state index in [1.54, 1.807) is 6.26 Å². The topological polar surface area (TPSA) is 56.8 Å². The molecule has 1 aromatic heterocycles. The fraction of sp³-hybridized carbons (Fsp3) is 0.714. The zero-order valence-corrected chi connectivity index (χ0v) is 10.8. The van der Waals surface area contributed by atoms with Crippen molar-refractivity contribution in [1.29, 1.82) is 0 Å². The molecule has 1 fully saturated rings. The van der Waals surface area contributed by atoms with Gasteiger partial charge >= 0.3 is 0 Å². The zero-order chi connectivity index (χ0) is 12.8. The molecule has 1 saturated heterocycles. The molecule has 0 aliphatic carbocycles. The van der Waals surface area contributed by atoms with Crippen LogP contribution in [-0.4, -0.2) is 40.9 Å². The first-order valence-electron chi connectivity index (χ1n) is 6.87. The summed E-state index contributed by atoms with van der Waals surface area (Å²) in [5.74, 6) is 0.664. The maximum Gasteiger partial charge on any atom is 0.132 e. The Bertz CT molecular complexity index is 326. The number of aliphatic hydroxyl groups excluding tert-OH is 2. The smallest absolute Gasteiger partial charge is 0.132 e. The highest BCUT2D eigenvalue weighted by Gasteiger charge is 2.27. The molecule has 4 nitrogen and oxygen atoms in total. The van der Waals surface area contributed by atoms with Gasteiger partial charge in [0, 0.05) is 12.6 Å². The Morgan fingerprint density at radius 2 is 2.33 bits per heavy atom. The van der Waals surface area contributed by atoms with Crippen molar-refractivity contribution in [3.05, 3.63) is 24.2 Å². The number of hydrogen-bond acceptors (Lipinski definition) is 4. The minimum absolute atomic E-state index is 0.271. The maximum atomic E-state index is 10.1. The molecule has 2 atom stereocenters. The average molecular weight is 253 g/mol. The first-order chi connectivity index (χ1) is 8.81. The second-order valence-electron chi connectivity index (χ2n) is 5.03. The quantitative estimate of drug-likeness (QED) is 0.729. The van der Waals surface area contributed by atoms with E-state index in [2.05, 4.69) is 4.90 Å².